The normalized spacial score (nSPS) is 32.4. The number of rotatable bonds is 3. The third kappa shape index (κ3) is 2.10. The lowest BCUT2D eigenvalue weighted by molar-refractivity contribution is 0.139. The van der Waals surface area contributed by atoms with Gasteiger partial charge in [-0.15, -0.1) is 0 Å². The van der Waals surface area contributed by atoms with Gasteiger partial charge in [-0.2, -0.15) is 0 Å². The van der Waals surface area contributed by atoms with Gasteiger partial charge in [-0.25, -0.2) is 9.97 Å². The third-order valence-corrected chi connectivity index (χ3v) is 5.63. The molecule has 2 fully saturated rings. The molecule has 108 valence electrons. The Morgan fingerprint density at radius 3 is 2.80 bits per heavy atom. The molecule has 1 aliphatic carbocycles. The molecule has 0 aromatic carbocycles. The smallest absolute Gasteiger partial charge is 0.132 e. The first-order valence-electron chi connectivity index (χ1n) is 8.10. The Morgan fingerprint density at radius 2 is 2.00 bits per heavy atom. The largest absolute Gasteiger partial charge is 0.369 e. The van der Waals surface area contributed by atoms with Gasteiger partial charge in [0, 0.05) is 29.9 Å². The van der Waals surface area contributed by atoms with Crippen molar-refractivity contribution in [3.05, 3.63) is 17.6 Å². The minimum Gasteiger partial charge on any atom is -0.369 e. The Bertz CT molecular complexity index is 487. The molecule has 20 heavy (non-hydrogen) atoms. The van der Waals surface area contributed by atoms with E-state index in [1.807, 2.05) is 0 Å². The fourth-order valence-corrected chi connectivity index (χ4v) is 4.44. The van der Waals surface area contributed by atoms with Crippen molar-refractivity contribution < 1.29 is 0 Å². The highest BCUT2D eigenvalue weighted by molar-refractivity contribution is 5.47. The van der Waals surface area contributed by atoms with Crippen LogP contribution in [-0.4, -0.2) is 40.5 Å². The molecule has 2 unspecified atom stereocenters. The van der Waals surface area contributed by atoms with E-state index in [0.29, 0.717) is 0 Å². The molecule has 2 saturated heterocycles. The van der Waals surface area contributed by atoms with Crippen molar-refractivity contribution in [2.45, 2.75) is 57.0 Å². The Kier molecular flexibility index (Phi) is 3.14. The number of nitrogens with one attached hydrogen (secondary N) is 1. The first kappa shape index (κ1) is 12.6. The summed E-state index contributed by atoms with van der Waals surface area (Å²) in [4.78, 5) is 11.5. The molecule has 1 N–H and O–H groups in total. The maximum Gasteiger partial charge on any atom is 0.132 e. The minimum absolute atomic E-state index is 0.815. The molecule has 1 aromatic rings. The number of anilines is 1. The monoisotopic (exact) mass is 272 g/mol. The van der Waals surface area contributed by atoms with E-state index in [9.17, 15) is 0 Å². The lowest BCUT2D eigenvalue weighted by Crippen LogP contribution is -2.41. The maximum atomic E-state index is 4.47. The van der Waals surface area contributed by atoms with E-state index < -0.39 is 0 Å². The number of hydrogen-bond acceptors (Lipinski definition) is 4. The third-order valence-electron chi connectivity index (χ3n) is 5.63. The van der Waals surface area contributed by atoms with Crippen LogP contribution in [0.5, 0.6) is 0 Å². The lowest BCUT2D eigenvalue weighted by atomic mass is 9.91. The van der Waals surface area contributed by atoms with Crippen LogP contribution in [0, 0.1) is 5.92 Å². The van der Waals surface area contributed by atoms with Crippen molar-refractivity contribution in [1.29, 1.82) is 0 Å². The summed E-state index contributed by atoms with van der Waals surface area (Å²) in [6, 6.07) is 1.66. The molecule has 0 saturated carbocycles. The van der Waals surface area contributed by atoms with E-state index in [2.05, 4.69) is 27.2 Å². The van der Waals surface area contributed by atoms with Crippen molar-refractivity contribution in [3.63, 3.8) is 0 Å². The SMILES string of the molecule is CN1C2CCC1CC(CNc1ncnc3c1CCC3)C2. The van der Waals surface area contributed by atoms with Crippen LogP contribution in [0.2, 0.25) is 0 Å². The standard InChI is InChI=1S/C16H24N4/c1-20-12-5-6-13(20)8-11(7-12)9-17-16-14-3-2-4-15(14)18-10-19-16/h10-13H,2-9H2,1H3,(H,17,18,19). The summed E-state index contributed by atoms with van der Waals surface area (Å²) in [6.07, 6.45) is 10.8. The van der Waals surface area contributed by atoms with Crippen LogP contribution >= 0.6 is 0 Å². The summed E-state index contributed by atoms with van der Waals surface area (Å²) in [5, 5.41) is 3.63. The fraction of sp³-hybridized carbons (Fsp3) is 0.750. The van der Waals surface area contributed by atoms with Crippen LogP contribution in [0.4, 0.5) is 5.82 Å². The highest BCUT2D eigenvalue weighted by atomic mass is 15.2. The van der Waals surface area contributed by atoms with Crippen molar-refractivity contribution >= 4 is 5.82 Å². The zero-order valence-corrected chi connectivity index (χ0v) is 12.3. The summed E-state index contributed by atoms with van der Waals surface area (Å²) >= 11 is 0. The Labute approximate surface area is 121 Å². The first-order chi connectivity index (χ1) is 9.81. The van der Waals surface area contributed by atoms with Crippen molar-refractivity contribution in [3.8, 4) is 0 Å². The summed E-state index contributed by atoms with van der Waals surface area (Å²) in [6.45, 7) is 1.09. The number of hydrogen-bond donors (Lipinski definition) is 1. The molecule has 0 spiro atoms. The van der Waals surface area contributed by atoms with Crippen molar-refractivity contribution in [1.82, 2.24) is 14.9 Å². The molecule has 2 bridgehead atoms. The van der Waals surface area contributed by atoms with Gasteiger partial charge in [0.2, 0.25) is 0 Å². The summed E-state index contributed by atoms with van der Waals surface area (Å²) in [7, 11) is 2.31. The van der Waals surface area contributed by atoms with Gasteiger partial charge in [-0.1, -0.05) is 0 Å². The van der Waals surface area contributed by atoms with Gasteiger partial charge in [-0.05, 0) is 57.9 Å². The average Bonchev–Trinajstić information content (AvgIpc) is 2.99. The Balaban J connectivity index is 1.41. The van der Waals surface area contributed by atoms with Gasteiger partial charge >= 0.3 is 0 Å². The molecule has 4 nitrogen and oxygen atoms in total. The van der Waals surface area contributed by atoms with Crippen LogP contribution in [0.25, 0.3) is 0 Å². The highest BCUT2D eigenvalue weighted by Crippen LogP contribution is 2.37. The molecule has 2 atom stereocenters. The number of piperidine rings is 1. The molecule has 3 aliphatic rings. The molecule has 4 heteroatoms. The first-order valence-corrected chi connectivity index (χ1v) is 8.10. The van der Waals surface area contributed by atoms with Gasteiger partial charge in [-0.3, -0.25) is 0 Å². The van der Waals surface area contributed by atoms with Crippen molar-refractivity contribution in [2.24, 2.45) is 5.92 Å². The van der Waals surface area contributed by atoms with Crippen LogP contribution in [0.1, 0.15) is 43.4 Å². The molecule has 1 aromatic heterocycles. The van der Waals surface area contributed by atoms with E-state index in [-0.39, 0.29) is 0 Å². The van der Waals surface area contributed by atoms with Gasteiger partial charge in [0.05, 0.1) is 0 Å². The van der Waals surface area contributed by atoms with Crippen LogP contribution in [-0.2, 0) is 12.8 Å². The maximum absolute atomic E-state index is 4.47. The number of aromatic nitrogens is 2. The van der Waals surface area contributed by atoms with Gasteiger partial charge < -0.3 is 10.2 Å². The van der Waals surface area contributed by atoms with E-state index in [1.165, 1.54) is 43.4 Å². The molecular weight excluding hydrogens is 248 g/mol. The zero-order chi connectivity index (χ0) is 13.5. The summed E-state index contributed by atoms with van der Waals surface area (Å²) in [5.74, 6) is 1.93. The quantitative estimate of drug-likeness (QED) is 0.916. The van der Waals surface area contributed by atoms with E-state index in [4.69, 9.17) is 0 Å². The van der Waals surface area contributed by atoms with E-state index in [0.717, 1.165) is 43.2 Å². The molecule has 0 amide bonds. The molecule has 0 radical (unpaired) electrons. The van der Waals surface area contributed by atoms with Gasteiger partial charge in [0.15, 0.2) is 0 Å². The fourth-order valence-electron chi connectivity index (χ4n) is 4.44. The second-order valence-corrected chi connectivity index (χ2v) is 6.77. The van der Waals surface area contributed by atoms with Crippen LogP contribution in [0.3, 0.4) is 0 Å². The Hall–Kier alpha value is -1.16. The Morgan fingerprint density at radius 1 is 1.20 bits per heavy atom. The number of nitrogens with zero attached hydrogens (tertiary/aromatic N) is 3. The van der Waals surface area contributed by atoms with Gasteiger partial charge in [0.1, 0.15) is 12.1 Å². The second-order valence-electron chi connectivity index (χ2n) is 6.77. The van der Waals surface area contributed by atoms with Gasteiger partial charge in [0.25, 0.3) is 0 Å². The summed E-state index contributed by atoms with van der Waals surface area (Å²) in [5.41, 5.74) is 2.65. The second kappa shape index (κ2) is 4.99. The molecular formula is C16H24N4. The molecule has 2 aliphatic heterocycles. The predicted molar refractivity (Wildman–Crippen MR) is 79.8 cm³/mol. The molecule has 4 rings (SSSR count). The zero-order valence-electron chi connectivity index (χ0n) is 12.3. The highest BCUT2D eigenvalue weighted by Gasteiger charge is 2.38. The van der Waals surface area contributed by atoms with Crippen LogP contribution < -0.4 is 5.32 Å². The number of aryl methyl sites for hydroxylation is 1. The van der Waals surface area contributed by atoms with Crippen LogP contribution in [0.15, 0.2) is 6.33 Å². The van der Waals surface area contributed by atoms with Crippen molar-refractivity contribution in [2.75, 3.05) is 18.9 Å². The average molecular weight is 272 g/mol. The predicted octanol–water partition coefficient (Wildman–Crippen LogP) is 2.25. The van der Waals surface area contributed by atoms with E-state index in [1.54, 1.807) is 6.33 Å². The van der Waals surface area contributed by atoms with E-state index >= 15 is 0 Å². The topological polar surface area (TPSA) is 41.0 Å². The molecule has 3 heterocycles. The number of fused-ring (bicyclic) bond motifs is 3. The summed E-state index contributed by atoms with van der Waals surface area (Å²) < 4.78 is 0. The lowest BCUT2D eigenvalue weighted by Gasteiger charge is -2.36. The minimum atomic E-state index is 0.815.